The highest BCUT2D eigenvalue weighted by Crippen LogP contribution is 2.15. The van der Waals surface area contributed by atoms with E-state index in [0.717, 1.165) is 22.7 Å². The molecule has 0 saturated carbocycles. The van der Waals surface area contributed by atoms with Crippen molar-refractivity contribution >= 4 is 15.9 Å². The first kappa shape index (κ1) is 15.4. The van der Waals surface area contributed by atoms with Gasteiger partial charge in [0, 0.05) is 23.3 Å². The fourth-order valence-electron chi connectivity index (χ4n) is 1.63. The maximum atomic E-state index is 5.61. The predicted molar refractivity (Wildman–Crippen MR) is 79.0 cm³/mol. The molecule has 0 aliphatic carbocycles. The van der Waals surface area contributed by atoms with E-state index in [1.54, 1.807) is 12.4 Å². The smallest absolute Gasteiger partial charge is 0.138 e. The summed E-state index contributed by atoms with van der Waals surface area (Å²) in [4.78, 5) is 4.05. The summed E-state index contributed by atoms with van der Waals surface area (Å²) in [7, 11) is 0. The highest BCUT2D eigenvalue weighted by atomic mass is 79.9. The Balaban J connectivity index is 2.11. The predicted octanol–water partition coefficient (Wildman–Crippen LogP) is 3.64. The fraction of sp³-hybridized carbons (Fsp3) is 0.643. The van der Waals surface area contributed by atoms with Crippen molar-refractivity contribution in [2.75, 3.05) is 13.2 Å². The van der Waals surface area contributed by atoms with E-state index in [2.05, 4.69) is 47.0 Å². The molecule has 0 radical (unpaired) electrons. The number of nitrogens with zero attached hydrogens (tertiary/aromatic N) is 1. The number of ether oxygens (including phenoxy) is 1. The zero-order chi connectivity index (χ0) is 13.4. The minimum Gasteiger partial charge on any atom is -0.491 e. The third-order valence-electron chi connectivity index (χ3n) is 2.72. The normalized spacial score (nSPS) is 12.7. The molecule has 1 atom stereocenters. The number of hydrogen-bond acceptors (Lipinski definition) is 3. The van der Waals surface area contributed by atoms with E-state index in [1.165, 1.54) is 12.8 Å². The Morgan fingerprint density at radius 1 is 1.28 bits per heavy atom. The quantitative estimate of drug-likeness (QED) is 0.744. The van der Waals surface area contributed by atoms with Crippen molar-refractivity contribution in [2.24, 2.45) is 5.92 Å². The van der Waals surface area contributed by atoms with Gasteiger partial charge in [0.1, 0.15) is 12.4 Å². The van der Waals surface area contributed by atoms with Crippen LogP contribution in [0.4, 0.5) is 0 Å². The Morgan fingerprint density at radius 2 is 2.06 bits per heavy atom. The molecule has 0 aliphatic heterocycles. The maximum Gasteiger partial charge on any atom is 0.138 e. The molecule has 0 spiro atoms. The molecule has 0 saturated heterocycles. The Kier molecular flexibility index (Phi) is 7.28. The number of aromatic nitrogens is 1. The molecule has 1 heterocycles. The number of nitrogens with one attached hydrogen (secondary N) is 1. The summed E-state index contributed by atoms with van der Waals surface area (Å²) >= 11 is 3.37. The fourth-order valence-corrected chi connectivity index (χ4v) is 1.97. The molecule has 0 aliphatic rings. The van der Waals surface area contributed by atoms with Crippen LogP contribution >= 0.6 is 15.9 Å². The first-order chi connectivity index (χ1) is 8.58. The minimum absolute atomic E-state index is 0.552. The van der Waals surface area contributed by atoms with Crippen LogP contribution in [-0.2, 0) is 0 Å². The second-order valence-corrected chi connectivity index (χ2v) is 5.93. The van der Waals surface area contributed by atoms with Gasteiger partial charge in [-0.25, -0.2) is 0 Å². The van der Waals surface area contributed by atoms with E-state index >= 15 is 0 Å². The van der Waals surface area contributed by atoms with Crippen molar-refractivity contribution in [3.05, 3.63) is 22.9 Å². The average molecular weight is 315 g/mol. The van der Waals surface area contributed by atoms with E-state index < -0.39 is 0 Å². The van der Waals surface area contributed by atoms with Gasteiger partial charge in [0.15, 0.2) is 0 Å². The van der Waals surface area contributed by atoms with Gasteiger partial charge in [-0.3, -0.25) is 4.98 Å². The van der Waals surface area contributed by atoms with Crippen molar-refractivity contribution < 1.29 is 4.74 Å². The van der Waals surface area contributed by atoms with Gasteiger partial charge in [-0.1, -0.05) is 13.8 Å². The Hall–Kier alpha value is -0.610. The summed E-state index contributed by atoms with van der Waals surface area (Å²) in [6.45, 7) is 8.28. The van der Waals surface area contributed by atoms with E-state index in [9.17, 15) is 0 Å². The zero-order valence-corrected chi connectivity index (χ0v) is 13.0. The van der Waals surface area contributed by atoms with Crippen molar-refractivity contribution in [1.82, 2.24) is 10.3 Å². The molecule has 1 N–H and O–H groups in total. The molecule has 3 nitrogen and oxygen atoms in total. The molecule has 4 heteroatoms. The lowest BCUT2D eigenvalue weighted by atomic mass is 10.0. The van der Waals surface area contributed by atoms with Gasteiger partial charge in [-0.15, -0.1) is 0 Å². The molecule has 0 aromatic carbocycles. The molecule has 1 aromatic rings. The molecular weight excluding hydrogens is 292 g/mol. The van der Waals surface area contributed by atoms with E-state index in [-0.39, 0.29) is 0 Å². The van der Waals surface area contributed by atoms with E-state index in [1.807, 2.05) is 6.07 Å². The topological polar surface area (TPSA) is 34.1 Å². The minimum atomic E-state index is 0.552. The molecular formula is C14H23BrN2O. The molecule has 1 rings (SSSR count). The first-order valence-corrected chi connectivity index (χ1v) is 7.34. The van der Waals surface area contributed by atoms with Crippen molar-refractivity contribution in [3.8, 4) is 5.75 Å². The Morgan fingerprint density at radius 3 is 2.72 bits per heavy atom. The number of halogens is 1. The lowest BCUT2D eigenvalue weighted by Gasteiger charge is -2.15. The van der Waals surface area contributed by atoms with Gasteiger partial charge >= 0.3 is 0 Å². The van der Waals surface area contributed by atoms with Gasteiger partial charge < -0.3 is 10.1 Å². The zero-order valence-electron chi connectivity index (χ0n) is 11.4. The number of hydrogen-bond donors (Lipinski definition) is 1. The lowest BCUT2D eigenvalue weighted by Crippen LogP contribution is -2.30. The van der Waals surface area contributed by atoms with Crippen molar-refractivity contribution in [1.29, 1.82) is 0 Å². The molecule has 0 fully saturated rings. The standard InChI is InChI=1S/C14H23BrN2O/c1-11(2)4-5-12(3)17-6-7-18-14-8-13(15)9-16-10-14/h8-12,17H,4-7H2,1-3H3. The van der Waals surface area contributed by atoms with Gasteiger partial charge in [0.05, 0.1) is 6.20 Å². The van der Waals surface area contributed by atoms with Crippen molar-refractivity contribution in [3.63, 3.8) is 0 Å². The second-order valence-electron chi connectivity index (χ2n) is 5.01. The average Bonchev–Trinajstić information content (AvgIpc) is 2.32. The summed E-state index contributed by atoms with van der Waals surface area (Å²) in [5.74, 6) is 1.58. The monoisotopic (exact) mass is 314 g/mol. The Labute approximate surface area is 118 Å². The van der Waals surface area contributed by atoms with Crippen LogP contribution in [0.5, 0.6) is 5.75 Å². The van der Waals surface area contributed by atoms with E-state index in [4.69, 9.17) is 4.74 Å². The van der Waals surface area contributed by atoms with Crippen LogP contribution in [0.25, 0.3) is 0 Å². The summed E-state index contributed by atoms with van der Waals surface area (Å²) in [5.41, 5.74) is 0. The largest absolute Gasteiger partial charge is 0.491 e. The van der Waals surface area contributed by atoms with Crippen LogP contribution in [0, 0.1) is 5.92 Å². The summed E-state index contributed by atoms with van der Waals surface area (Å²) < 4.78 is 6.55. The third kappa shape index (κ3) is 6.97. The van der Waals surface area contributed by atoms with Crippen molar-refractivity contribution in [2.45, 2.75) is 39.7 Å². The highest BCUT2D eigenvalue weighted by Gasteiger charge is 2.03. The SMILES string of the molecule is CC(C)CCC(C)NCCOc1cncc(Br)c1. The summed E-state index contributed by atoms with van der Waals surface area (Å²) in [6, 6.07) is 2.48. The van der Waals surface area contributed by atoms with Crippen LogP contribution in [0.1, 0.15) is 33.6 Å². The maximum absolute atomic E-state index is 5.61. The molecule has 1 unspecified atom stereocenters. The Bertz CT molecular complexity index is 344. The van der Waals surface area contributed by atoms with Gasteiger partial charge in [0.25, 0.3) is 0 Å². The highest BCUT2D eigenvalue weighted by molar-refractivity contribution is 9.10. The molecule has 0 amide bonds. The van der Waals surface area contributed by atoms with Crippen LogP contribution in [-0.4, -0.2) is 24.2 Å². The summed E-state index contributed by atoms with van der Waals surface area (Å²) in [6.07, 6.45) is 5.97. The molecule has 18 heavy (non-hydrogen) atoms. The van der Waals surface area contributed by atoms with Gasteiger partial charge in [-0.2, -0.15) is 0 Å². The van der Waals surface area contributed by atoms with Gasteiger partial charge in [0.2, 0.25) is 0 Å². The second kappa shape index (κ2) is 8.48. The first-order valence-electron chi connectivity index (χ1n) is 6.54. The molecule has 102 valence electrons. The number of pyridine rings is 1. The molecule has 0 bridgehead atoms. The summed E-state index contributed by atoms with van der Waals surface area (Å²) in [5, 5.41) is 3.47. The van der Waals surface area contributed by atoms with Gasteiger partial charge in [-0.05, 0) is 47.7 Å². The van der Waals surface area contributed by atoms with Crippen LogP contribution in [0.15, 0.2) is 22.9 Å². The van der Waals surface area contributed by atoms with Crippen LogP contribution in [0.2, 0.25) is 0 Å². The number of rotatable bonds is 8. The van der Waals surface area contributed by atoms with E-state index in [0.29, 0.717) is 12.6 Å². The van der Waals surface area contributed by atoms with Crippen LogP contribution < -0.4 is 10.1 Å². The van der Waals surface area contributed by atoms with Crippen LogP contribution in [0.3, 0.4) is 0 Å². The third-order valence-corrected chi connectivity index (χ3v) is 3.15. The lowest BCUT2D eigenvalue weighted by molar-refractivity contribution is 0.301. The molecule has 1 aromatic heterocycles.